The lowest BCUT2D eigenvalue weighted by Crippen LogP contribution is -2.31. The number of aromatic nitrogens is 2. The minimum absolute atomic E-state index is 0.0124. The molecule has 156 valence electrons. The summed E-state index contributed by atoms with van der Waals surface area (Å²) in [6, 6.07) is 13.5. The van der Waals surface area contributed by atoms with Crippen LogP contribution in [0, 0.1) is 0 Å². The van der Waals surface area contributed by atoms with E-state index >= 15 is 0 Å². The number of nitrogens with zero attached hydrogens (tertiary/aromatic N) is 1. The largest absolute Gasteiger partial charge is 0.449 e. The molecule has 3 heterocycles. The monoisotopic (exact) mass is 416 g/mol. The Morgan fingerprint density at radius 1 is 1.10 bits per heavy atom. The fourth-order valence-electron chi connectivity index (χ4n) is 2.86. The fourth-order valence-corrected chi connectivity index (χ4v) is 2.86. The molecule has 30 heavy (non-hydrogen) atoms. The van der Waals surface area contributed by atoms with Crippen LogP contribution in [0.3, 0.4) is 0 Å². The predicted octanol–water partition coefficient (Wildman–Crippen LogP) is 3.75. The third-order valence-corrected chi connectivity index (χ3v) is 4.48. The minimum Gasteiger partial charge on any atom is -0.399 e. The summed E-state index contributed by atoms with van der Waals surface area (Å²) in [6.45, 7) is 1.17. The predicted molar refractivity (Wildman–Crippen MR) is 107 cm³/mol. The number of H-pyrrole nitrogens is 1. The van der Waals surface area contributed by atoms with E-state index in [1.807, 2.05) is 42.5 Å². The van der Waals surface area contributed by atoms with Crippen LogP contribution < -0.4 is 11.1 Å². The highest BCUT2D eigenvalue weighted by Gasteiger charge is 2.33. The lowest BCUT2D eigenvalue weighted by atomic mass is 10.1. The highest BCUT2D eigenvalue weighted by atomic mass is 19.4. The van der Waals surface area contributed by atoms with Crippen LogP contribution in [0.25, 0.3) is 22.5 Å². The number of nitrogens with one attached hydrogen (secondary N) is 2. The summed E-state index contributed by atoms with van der Waals surface area (Å²) >= 11 is 0. The molecule has 0 fully saturated rings. The van der Waals surface area contributed by atoms with E-state index in [4.69, 9.17) is 5.73 Å². The number of hydrogen-bond acceptors (Lipinski definition) is 4. The van der Waals surface area contributed by atoms with Crippen LogP contribution in [0.5, 0.6) is 0 Å². The van der Waals surface area contributed by atoms with E-state index in [1.54, 1.807) is 6.20 Å². The van der Waals surface area contributed by atoms with Crippen molar-refractivity contribution < 1.29 is 22.8 Å². The van der Waals surface area contributed by atoms with Crippen LogP contribution in [-0.2, 0) is 11.2 Å². The number of nitrogen functional groups attached to an aromatic ring is 1. The summed E-state index contributed by atoms with van der Waals surface area (Å²) < 4.78 is 32.5. The first kappa shape index (κ1) is 21.1. The van der Waals surface area contributed by atoms with E-state index in [2.05, 4.69) is 15.3 Å². The molecule has 0 unspecified atom stereocenters. The second kappa shape index (κ2) is 8.40. The molecule has 1 aliphatic rings. The van der Waals surface area contributed by atoms with Crippen molar-refractivity contribution in [2.45, 2.75) is 19.5 Å². The standard InChI is InChI=1S/C18H16N4O.C3H3F3O/c19-13-3-1-11(2-4-13)16-9-12(5-7-20-16)17-10-14-15(22-17)6-8-21-18(14)23;1-2(7)3(4,5)6/h1-5,7,9-10,22H,6,8,19H2,(H,21,23);1H3. The summed E-state index contributed by atoms with van der Waals surface area (Å²) in [5.41, 5.74) is 12.0. The van der Waals surface area contributed by atoms with Gasteiger partial charge >= 0.3 is 6.18 Å². The zero-order chi connectivity index (χ0) is 21.9. The molecule has 3 aromatic rings. The normalized spacial score (nSPS) is 13.0. The summed E-state index contributed by atoms with van der Waals surface area (Å²) in [6.07, 6.45) is -2.03. The molecule has 0 aliphatic carbocycles. The molecule has 0 bridgehead atoms. The van der Waals surface area contributed by atoms with E-state index < -0.39 is 12.0 Å². The average Bonchev–Trinajstić information content (AvgIpc) is 3.14. The number of carbonyl (C=O) groups excluding carboxylic acids is 2. The zero-order valence-electron chi connectivity index (χ0n) is 16.0. The van der Waals surface area contributed by atoms with E-state index in [0.29, 0.717) is 13.5 Å². The topological polar surface area (TPSA) is 101 Å². The van der Waals surface area contributed by atoms with Gasteiger partial charge in [-0.15, -0.1) is 0 Å². The first-order valence-electron chi connectivity index (χ1n) is 9.05. The van der Waals surface area contributed by atoms with E-state index in [9.17, 15) is 22.8 Å². The van der Waals surface area contributed by atoms with Crippen LogP contribution in [0.1, 0.15) is 23.0 Å². The van der Waals surface area contributed by atoms with Gasteiger partial charge in [-0.3, -0.25) is 14.6 Å². The van der Waals surface area contributed by atoms with Gasteiger partial charge in [0.2, 0.25) is 5.78 Å². The van der Waals surface area contributed by atoms with Gasteiger partial charge in [0.15, 0.2) is 0 Å². The smallest absolute Gasteiger partial charge is 0.399 e. The van der Waals surface area contributed by atoms with Crippen LogP contribution >= 0.6 is 0 Å². The second-order valence-electron chi connectivity index (χ2n) is 6.69. The quantitative estimate of drug-likeness (QED) is 0.554. The number of rotatable bonds is 2. The molecular formula is C21H19F3N4O2. The van der Waals surface area contributed by atoms with Gasteiger partial charge in [0.1, 0.15) is 0 Å². The molecular weight excluding hydrogens is 397 g/mol. The molecule has 6 nitrogen and oxygen atoms in total. The highest BCUT2D eigenvalue weighted by Crippen LogP contribution is 2.27. The summed E-state index contributed by atoms with van der Waals surface area (Å²) in [5, 5.41) is 2.86. The molecule has 0 spiro atoms. The van der Waals surface area contributed by atoms with Crippen LogP contribution in [0.15, 0.2) is 48.7 Å². The van der Waals surface area contributed by atoms with Crippen molar-refractivity contribution in [1.29, 1.82) is 0 Å². The molecule has 0 radical (unpaired) electrons. The van der Waals surface area contributed by atoms with Crippen LogP contribution in [0.4, 0.5) is 18.9 Å². The fraction of sp³-hybridized carbons (Fsp3) is 0.190. The van der Waals surface area contributed by atoms with E-state index in [1.165, 1.54) is 0 Å². The molecule has 4 N–H and O–H groups in total. The molecule has 2 aromatic heterocycles. The van der Waals surface area contributed by atoms with Crippen molar-refractivity contribution in [2.24, 2.45) is 0 Å². The summed E-state index contributed by atoms with van der Waals surface area (Å²) in [5.74, 6) is -1.77. The maximum Gasteiger partial charge on any atom is 0.449 e. The van der Waals surface area contributed by atoms with Crippen molar-refractivity contribution >= 4 is 17.4 Å². The maximum atomic E-state index is 11.9. The molecule has 1 amide bonds. The maximum absolute atomic E-state index is 11.9. The number of nitrogens with two attached hydrogens (primary N) is 1. The zero-order valence-corrected chi connectivity index (χ0v) is 16.0. The van der Waals surface area contributed by atoms with Gasteiger partial charge in [0.05, 0.1) is 11.3 Å². The molecule has 9 heteroatoms. The van der Waals surface area contributed by atoms with Crippen LogP contribution in [0.2, 0.25) is 0 Å². The third kappa shape index (κ3) is 4.86. The van der Waals surface area contributed by atoms with Crippen molar-refractivity contribution in [3.8, 4) is 22.5 Å². The SMILES string of the molecule is CC(=O)C(F)(F)F.Nc1ccc(-c2cc(-c3cc4c([nH]3)CCNC4=O)ccn2)cc1. The Labute approximate surface area is 170 Å². The Morgan fingerprint density at radius 2 is 1.77 bits per heavy atom. The van der Waals surface area contributed by atoms with Crippen molar-refractivity contribution in [3.05, 3.63) is 59.9 Å². The Balaban J connectivity index is 0.000000318. The first-order valence-corrected chi connectivity index (χ1v) is 9.05. The molecule has 0 saturated heterocycles. The number of alkyl halides is 3. The Kier molecular flexibility index (Phi) is 5.91. The molecule has 0 atom stereocenters. The van der Waals surface area contributed by atoms with Gasteiger partial charge in [-0.2, -0.15) is 13.2 Å². The van der Waals surface area contributed by atoms with Gasteiger partial charge in [-0.25, -0.2) is 0 Å². The van der Waals surface area contributed by atoms with E-state index in [0.717, 1.165) is 45.9 Å². The first-order chi connectivity index (χ1) is 14.1. The number of anilines is 1. The molecule has 1 aromatic carbocycles. The summed E-state index contributed by atoms with van der Waals surface area (Å²) in [4.78, 5) is 29.0. The number of Topliss-reactive ketones (excluding diaryl/α,β-unsaturated/α-hetero) is 1. The number of benzene rings is 1. The lowest BCUT2D eigenvalue weighted by molar-refractivity contribution is -0.168. The number of pyridine rings is 1. The Morgan fingerprint density at radius 3 is 2.37 bits per heavy atom. The number of hydrogen-bond donors (Lipinski definition) is 3. The van der Waals surface area contributed by atoms with Gasteiger partial charge < -0.3 is 16.0 Å². The van der Waals surface area contributed by atoms with Gasteiger partial charge in [0, 0.05) is 54.3 Å². The minimum atomic E-state index is -4.64. The number of carbonyl (C=O) groups is 2. The lowest BCUT2D eigenvalue weighted by Gasteiger charge is -2.10. The molecule has 1 aliphatic heterocycles. The second-order valence-corrected chi connectivity index (χ2v) is 6.69. The number of amides is 1. The van der Waals surface area contributed by atoms with Crippen molar-refractivity contribution in [3.63, 3.8) is 0 Å². The number of fused-ring (bicyclic) bond motifs is 1. The third-order valence-electron chi connectivity index (χ3n) is 4.48. The molecule has 0 saturated carbocycles. The highest BCUT2D eigenvalue weighted by molar-refractivity contribution is 5.97. The number of aromatic amines is 1. The van der Waals surface area contributed by atoms with Crippen molar-refractivity contribution in [1.82, 2.24) is 15.3 Å². The Hall–Kier alpha value is -3.62. The number of ketones is 1. The van der Waals surface area contributed by atoms with Crippen molar-refractivity contribution in [2.75, 3.05) is 12.3 Å². The van der Waals surface area contributed by atoms with Crippen LogP contribution in [-0.4, -0.2) is 34.4 Å². The van der Waals surface area contributed by atoms with Gasteiger partial charge in [-0.1, -0.05) is 12.1 Å². The van der Waals surface area contributed by atoms with Gasteiger partial charge in [-0.05, 0) is 30.3 Å². The average molecular weight is 416 g/mol. The Bertz CT molecular complexity index is 1070. The molecule has 4 rings (SSSR count). The summed E-state index contributed by atoms with van der Waals surface area (Å²) in [7, 11) is 0. The van der Waals surface area contributed by atoms with Gasteiger partial charge in [0.25, 0.3) is 5.91 Å². The number of halogens is 3. The van der Waals surface area contributed by atoms with E-state index in [-0.39, 0.29) is 5.91 Å².